The van der Waals surface area contributed by atoms with Crippen LogP contribution in [0.15, 0.2) is 35.7 Å². The summed E-state index contributed by atoms with van der Waals surface area (Å²) in [5.41, 5.74) is 2.04. The number of anilines is 2. The maximum Gasteiger partial charge on any atom is 0.341 e. The maximum absolute atomic E-state index is 12.0. The van der Waals surface area contributed by atoms with Crippen LogP contribution < -0.4 is 10.9 Å². The molecule has 0 atom stereocenters. The van der Waals surface area contributed by atoms with E-state index < -0.39 is 0 Å². The molecule has 2 aromatic rings. The molecule has 0 spiro atoms. The number of benzene rings is 1. The largest absolute Gasteiger partial charge is 0.462 e. The van der Waals surface area contributed by atoms with Crippen LogP contribution in [0.2, 0.25) is 0 Å². The van der Waals surface area contributed by atoms with Gasteiger partial charge in [-0.15, -0.1) is 11.3 Å². The highest BCUT2D eigenvalue weighted by Crippen LogP contribution is 2.32. The highest BCUT2D eigenvalue weighted by molar-refractivity contribution is 7.10. The Kier molecular flexibility index (Phi) is 4.19. The number of nitrogens with zero attached hydrogens (tertiary/aromatic N) is 1. The molecule has 0 amide bonds. The Labute approximate surface area is 116 Å². The maximum atomic E-state index is 12.0. The van der Waals surface area contributed by atoms with Crippen LogP contribution >= 0.6 is 11.3 Å². The SMILES string of the molecule is CCOC(=O)c1c(N(N)c2ccccc2)csc1C. The summed E-state index contributed by atoms with van der Waals surface area (Å²) in [6.45, 7) is 4.03. The minimum absolute atomic E-state index is 0.331. The zero-order valence-electron chi connectivity index (χ0n) is 10.9. The lowest BCUT2D eigenvalue weighted by Gasteiger charge is -2.19. The van der Waals surface area contributed by atoms with Crippen molar-refractivity contribution >= 4 is 28.7 Å². The van der Waals surface area contributed by atoms with Crippen molar-refractivity contribution in [3.63, 3.8) is 0 Å². The van der Waals surface area contributed by atoms with E-state index in [1.807, 2.05) is 42.6 Å². The van der Waals surface area contributed by atoms with Gasteiger partial charge in [-0.3, -0.25) is 5.01 Å². The van der Waals surface area contributed by atoms with Crippen molar-refractivity contribution in [2.45, 2.75) is 13.8 Å². The quantitative estimate of drug-likeness (QED) is 0.529. The molecular weight excluding hydrogens is 260 g/mol. The number of carbonyl (C=O) groups is 1. The molecule has 0 saturated carbocycles. The molecule has 1 aromatic heterocycles. The Morgan fingerprint density at radius 3 is 2.68 bits per heavy atom. The van der Waals surface area contributed by atoms with E-state index in [2.05, 4.69) is 0 Å². The normalized spacial score (nSPS) is 10.3. The molecule has 0 unspecified atom stereocenters. The number of hydrogen-bond acceptors (Lipinski definition) is 5. The molecule has 0 aliphatic rings. The van der Waals surface area contributed by atoms with Gasteiger partial charge in [-0.2, -0.15) is 0 Å². The predicted octanol–water partition coefficient (Wildman–Crippen LogP) is 3.25. The fraction of sp³-hybridized carbons (Fsp3) is 0.214. The number of hydrogen-bond donors (Lipinski definition) is 1. The van der Waals surface area contributed by atoms with Gasteiger partial charge < -0.3 is 4.74 Å². The topological polar surface area (TPSA) is 55.6 Å². The van der Waals surface area contributed by atoms with Crippen LogP contribution in [0.1, 0.15) is 22.2 Å². The van der Waals surface area contributed by atoms with E-state index in [1.165, 1.54) is 16.3 Å². The van der Waals surface area contributed by atoms with Gasteiger partial charge in [0.1, 0.15) is 0 Å². The monoisotopic (exact) mass is 276 g/mol. The summed E-state index contributed by atoms with van der Waals surface area (Å²) in [7, 11) is 0. The van der Waals surface area contributed by atoms with Gasteiger partial charge in [0.25, 0.3) is 0 Å². The third kappa shape index (κ3) is 2.77. The molecule has 1 aromatic carbocycles. The first-order chi connectivity index (χ1) is 9.15. The van der Waals surface area contributed by atoms with E-state index in [0.717, 1.165) is 10.6 Å². The summed E-state index contributed by atoms with van der Waals surface area (Å²) >= 11 is 1.49. The molecule has 4 nitrogen and oxygen atoms in total. The van der Waals surface area contributed by atoms with Crippen LogP contribution in [-0.4, -0.2) is 12.6 Å². The molecular formula is C14H16N2O2S. The lowest BCUT2D eigenvalue weighted by atomic mass is 10.2. The third-order valence-corrected chi connectivity index (χ3v) is 3.63. The fourth-order valence-corrected chi connectivity index (χ4v) is 2.62. The Balaban J connectivity index is 2.38. The van der Waals surface area contributed by atoms with Gasteiger partial charge in [-0.1, -0.05) is 18.2 Å². The van der Waals surface area contributed by atoms with E-state index in [1.54, 1.807) is 6.92 Å². The van der Waals surface area contributed by atoms with Crippen LogP contribution in [0, 0.1) is 6.92 Å². The first kappa shape index (κ1) is 13.6. The van der Waals surface area contributed by atoms with E-state index in [0.29, 0.717) is 17.9 Å². The molecule has 1 heterocycles. The highest BCUT2D eigenvalue weighted by Gasteiger charge is 2.21. The number of rotatable bonds is 4. The van der Waals surface area contributed by atoms with Gasteiger partial charge in [-0.25, -0.2) is 10.6 Å². The molecule has 2 rings (SSSR count). The van der Waals surface area contributed by atoms with Crippen molar-refractivity contribution in [3.8, 4) is 0 Å². The lowest BCUT2D eigenvalue weighted by molar-refractivity contribution is 0.0527. The number of thiophene rings is 1. The summed E-state index contributed by atoms with van der Waals surface area (Å²) in [6.07, 6.45) is 0. The molecule has 2 N–H and O–H groups in total. The van der Waals surface area contributed by atoms with Crippen molar-refractivity contribution in [2.24, 2.45) is 5.84 Å². The van der Waals surface area contributed by atoms with Crippen molar-refractivity contribution in [3.05, 3.63) is 46.2 Å². The number of hydrazine groups is 1. The average Bonchev–Trinajstić information content (AvgIpc) is 2.81. The molecule has 0 aliphatic heterocycles. The number of esters is 1. The second-order valence-corrected chi connectivity index (χ2v) is 5.06. The second kappa shape index (κ2) is 5.86. The van der Waals surface area contributed by atoms with E-state index in [4.69, 9.17) is 10.6 Å². The Hall–Kier alpha value is -1.85. The van der Waals surface area contributed by atoms with Crippen LogP contribution in [0.5, 0.6) is 0 Å². The van der Waals surface area contributed by atoms with Crippen molar-refractivity contribution < 1.29 is 9.53 Å². The van der Waals surface area contributed by atoms with E-state index in [9.17, 15) is 4.79 Å². The number of carbonyl (C=O) groups excluding carboxylic acids is 1. The summed E-state index contributed by atoms with van der Waals surface area (Å²) in [4.78, 5) is 12.9. The standard InChI is InChI=1S/C14H16N2O2S/c1-3-18-14(17)13-10(2)19-9-12(13)16(15)11-7-5-4-6-8-11/h4-9H,3,15H2,1-2H3. The molecule has 0 bridgehead atoms. The Bertz CT molecular complexity index is 566. The first-order valence-electron chi connectivity index (χ1n) is 6.00. The molecule has 0 radical (unpaired) electrons. The zero-order chi connectivity index (χ0) is 13.8. The van der Waals surface area contributed by atoms with Crippen molar-refractivity contribution in [2.75, 3.05) is 11.6 Å². The number of para-hydroxylation sites is 1. The van der Waals surface area contributed by atoms with Gasteiger partial charge >= 0.3 is 5.97 Å². The van der Waals surface area contributed by atoms with Gasteiger partial charge in [0.05, 0.1) is 23.5 Å². The second-order valence-electron chi connectivity index (χ2n) is 3.98. The smallest absolute Gasteiger partial charge is 0.341 e. The third-order valence-electron chi connectivity index (χ3n) is 2.73. The molecule has 0 aliphatic carbocycles. The first-order valence-corrected chi connectivity index (χ1v) is 6.88. The highest BCUT2D eigenvalue weighted by atomic mass is 32.1. The van der Waals surface area contributed by atoms with Crippen LogP contribution in [0.25, 0.3) is 0 Å². The lowest BCUT2D eigenvalue weighted by Crippen LogP contribution is -2.26. The van der Waals surface area contributed by atoms with E-state index in [-0.39, 0.29) is 5.97 Å². The summed E-state index contributed by atoms with van der Waals surface area (Å²) in [6, 6.07) is 9.50. The molecule has 0 saturated heterocycles. The number of aryl methyl sites for hydroxylation is 1. The average molecular weight is 276 g/mol. The van der Waals surface area contributed by atoms with Gasteiger partial charge in [0.15, 0.2) is 0 Å². The number of nitrogens with two attached hydrogens (primary N) is 1. The van der Waals surface area contributed by atoms with Crippen LogP contribution in [0.4, 0.5) is 11.4 Å². The van der Waals surface area contributed by atoms with Gasteiger partial charge in [0.2, 0.25) is 0 Å². The minimum Gasteiger partial charge on any atom is -0.462 e. The Morgan fingerprint density at radius 1 is 1.37 bits per heavy atom. The van der Waals surface area contributed by atoms with Crippen LogP contribution in [-0.2, 0) is 4.74 Å². The van der Waals surface area contributed by atoms with Crippen molar-refractivity contribution in [1.29, 1.82) is 0 Å². The summed E-state index contributed by atoms with van der Waals surface area (Å²) < 4.78 is 5.08. The zero-order valence-corrected chi connectivity index (χ0v) is 11.7. The molecule has 100 valence electrons. The minimum atomic E-state index is -0.331. The fourth-order valence-electron chi connectivity index (χ4n) is 1.80. The van der Waals surface area contributed by atoms with E-state index >= 15 is 0 Å². The van der Waals surface area contributed by atoms with Gasteiger partial charge in [-0.05, 0) is 26.0 Å². The van der Waals surface area contributed by atoms with Crippen LogP contribution in [0.3, 0.4) is 0 Å². The number of ether oxygens (including phenoxy) is 1. The predicted molar refractivity (Wildman–Crippen MR) is 77.8 cm³/mol. The molecule has 19 heavy (non-hydrogen) atoms. The molecule has 5 heteroatoms. The summed E-state index contributed by atoms with van der Waals surface area (Å²) in [5.74, 6) is 5.77. The summed E-state index contributed by atoms with van der Waals surface area (Å²) in [5, 5.41) is 3.38. The Morgan fingerprint density at radius 2 is 2.05 bits per heavy atom. The van der Waals surface area contributed by atoms with Crippen molar-refractivity contribution in [1.82, 2.24) is 0 Å². The molecule has 0 fully saturated rings. The van der Waals surface area contributed by atoms with Gasteiger partial charge in [0, 0.05) is 10.3 Å².